The molecule has 0 aliphatic carbocycles. The van der Waals surface area contributed by atoms with Gasteiger partial charge in [0.1, 0.15) is 11.5 Å². The summed E-state index contributed by atoms with van der Waals surface area (Å²) in [4.78, 5) is 10.1. The summed E-state index contributed by atoms with van der Waals surface area (Å²) >= 11 is 1.40. The summed E-state index contributed by atoms with van der Waals surface area (Å²) in [6.07, 6.45) is 0.314. The van der Waals surface area contributed by atoms with E-state index < -0.39 is 0 Å². The molecule has 7 heteroatoms. The third kappa shape index (κ3) is 5.64. The maximum Gasteiger partial charge on any atom is 0.154 e. The van der Waals surface area contributed by atoms with E-state index in [-0.39, 0.29) is 6.23 Å². The second kappa shape index (κ2) is 9.42. The molecule has 0 bridgehead atoms. The maximum atomic E-state index is 8.30. The van der Waals surface area contributed by atoms with Crippen molar-refractivity contribution in [2.75, 3.05) is 0 Å². The van der Waals surface area contributed by atoms with E-state index in [9.17, 15) is 0 Å². The lowest BCUT2D eigenvalue weighted by Gasteiger charge is -2.14. The molecular weight excluding hydrogens is 304 g/mol. The van der Waals surface area contributed by atoms with Gasteiger partial charge in [0.25, 0.3) is 0 Å². The molecular formula is C15H18N2O4S. The Morgan fingerprint density at radius 3 is 2.36 bits per heavy atom. The van der Waals surface area contributed by atoms with Crippen molar-refractivity contribution in [2.24, 2.45) is 0 Å². The van der Waals surface area contributed by atoms with Crippen LogP contribution in [0.5, 0.6) is 11.5 Å². The minimum Gasteiger partial charge on any atom is -0.457 e. The van der Waals surface area contributed by atoms with Crippen LogP contribution >= 0.6 is 11.9 Å². The number of hydrogen-bond acceptors (Lipinski definition) is 7. The highest BCUT2D eigenvalue weighted by Crippen LogP contribution is 2.24. The van der Waals surface area contributed by atoms with Crippen LogP contribution in [0.4, 0.5) is 0 Å². The minimum atomic E-state index is -0.357. The zero-order valence-corrected chi connectivity index (χ0v) is 12.9. The molecule has 2 aromatic rings. The average Bonchev–Trinajstić information content (AvgIpc) is 2.57. The van der Waals surface area contributed by atoms with Gasteiger partial charge in [0.05, 0.1) is 0 Å². The first-order chi connectivity index (χ1) is 10.8. The summed E-state index contributed by atoms with van der Waals surface area (Å²) in [7, 11) is 0. The largest absolute Gasteiger partial charge is 0.457 e. The predicted octanol–water partition coefficient (Wildman–Crippen LogP) is 3.65. The van der Waals surface area contributed by atoms with E-state index in [1.54, 1.807) is 0 Å². The average molecular weight is 322 g/mol. The summed E-state index contributed by atoms with van der Waals surface area (Å²) in [6, 6.07) is 17.3. The van der Waals surface area contributed by atoms with Gasteiger partial charge in [-0.2, -0.15) is 4.89 Å². The van der Waals surface area contributed by atoms with Crippen molar-refractivity contribution in [3.63, 3.8) is 0 Å². The SMILES string of the molecule is CCC(NSc1ccc(Oc2ccccc2)cc1)OONO. The lowest BCUT2D eigenvalue weighted by Crippen LogP contribution is -2.28. The van der Waals surface area contributed by atoms with Crippen molar-refractivity contribution in [1.29, 1.82) is 0 Å². The third-order valence-electron chi connectivity index (χ3n) is 2.68. The van der Waals surface area contributed by atoms with Gasteiger partial charge in [-0.25, -0.2) is 4.72 Å². The Morgan fingerprint density at radius 1 is 1.05 bits per heavy atom. The van der Waals surface area contributed by atoms with Crippen LogP contribution in [0.1, 0.15) is 13.3 Å². The molecule has 0 heterocycles. The van der Waals surface area contributed by atoms with Gasteiger partial charge in [-0.15, -0.1) is 4.99 Å². The number of para-hydroxylation sites is 1. The second-order valence-corrected chi connectivity index (χ2v) is 5.19. The van der Waals surface area contributed by atoms with Gasteiger partial charge in [0.2, 0.25) is 0 Å². The van der Waals surface area contributed by atoms with Crippen LogP contribution in [0.25, 0.3) is 0 Å². The third-order valence-corrected chi connectivity index (χ3v) is 3.57. The zero-order chi connectivity index (χ0) is 15.6. The van der Waals surface area contributed by atoms with E-state index in [0.29, 0.717) is 6.42 Å². The first-order valence-corrected chi connectivity index (χ1v) is 7.60. The van der Waals surface area contributed by atoms with Crippen LogP contribution in [0.2, 0.25) is 0 Å². The van der Waals surface area contributed by atoms with Crippen molar-refractivity contribution in [2.45, 2.75) is 24.5 Å². The van der Waals surface area contributed by atoms with Gasteiger partial charge in [-0.1, -0.05) is 25.1 Å². The molecule has 0 radical (unpaired) electrons. The minimum absolute atomic E-state index is 0.357. The Bertz CT molecular complexity index is 539. The smallest absolute Gasteiger partial charge is 0.154 e. The van der Waals surface area contributed by atoms with Crippen molar-refractivity contribution in [3.8, 4) is 11.5 Å². The maximum absolute atomic E-state index is 8.30. The van der Waals surface area contributed by atoms with Crippen LogP contribution in [-0.4, -0.2) is 11.4 Å². The second-order valence-electron chi connectivity index (χ2n) is 4.27. The molecule has 6 nitrogen and oxygen atoms in total. The standard InChI is InChI=1S/C15H18N2O4S/c1-2-15(20-21-17-18)16-22-14-10-8-13(9-11-14)19-12-6-4-3-5-7-12/h3-11,15-18H,2H2,1H3. The number of ether oxygens (including phenoxy) is 1. The molecule has 118 valence electrons. The van der Waals surface area contributed by atoms with Gasteiger partial charge in [0, 0.05) is 4.90 Å². The first kappa shape index (κ1) is 16.8. The Balaban J connectivity index is 1.83. The normalized spacial score (nSPS) is 12.1. The van der Waals surface area contributed by atoms with E-state index >= 15 is 0 Å². The predicted molar refractivity (Wildman–Crippen MR) is 83.1 cm³/mol. The van der Waals surface area contributed by atoms with E-state index in [1.807, 2.05) is 61.5 Å². The lowest BCUT2D eigenvalue weighted by molar-refractivity contribution is -0.411. The van der Waals surface area contributed by atoms with E-state index in [4.69, 9.17) is 14.8 Å². The van der Waals surface area contributed by atoms with E-state index in [1.165, 1.54) is 17.6 Å². The Hall–Kier alpha value is -1.61. The number of hydrogen-bond donors (Lipinski definition) is 3. The molecule has 0 aliphatic rings. The number of benzene rings is 2. The highest BCUT2D eigenvalue weighted by atomic mass is 32.2. The van der Waals surface area contributed by atoms with E-state index in [0.717, 1.165) is 16.4 Å². The highest BCUT2D eigenvalue weighted by Gasteiger charge is 2.07. The lowest BCUT2D eigenvalue weighted by atomic mass is 10.3. The Morgan fingerprint density at radius 2 is 1.73 bits per heavy atom. The highest BCUT2D eigenvalue weighted by molar-refractivity contribution is 7.97. The van der Waals surface area contributed by atoms with Crippen molar-refractivity contribution in [1.82, 2.24) is 10.4 Å². The quantitative estimate of drug-likeness (QED) is 0.282. The molecule has 22 heavy (non-hydrogen) atoms. The summed E-state index contributed by atoms with van der Waals surface area (Å²) in [5, 5.41) is 8.30. The molecule has 0 aliphatic heterocycles. The molecule has 0 spiro atoms. The van der Waals surface area contributed by atoms with E-state index in [2.05, 4.69) is 9.71 Å². The molecule has 0 saturated carbocycles. The fourth-order valence-electron chi connectivity index (χ4n) is 1.58. The molecule has 2 rings (SSSR count). The summed E-state index contributed by atoms with van der Waals surface area (Å²) in [5.74, 6) is 1.57. The molecule has 1 unspecified atom stereocenters. The van der Waals surface area contributed by atoms with Crippen LogP contribution < -0.4 is 15.1 Å². The molecule has 3 N–H and O–H groups in total. The molecule has 1 atom stereocenters. The van der Waals surface area contributed by atoms with Gasteiger partial charge in [-0.05, 0) is 60.4 Å². The molecule has 0 amide bonds. The number of nitrogens with one attached hydrogen (secondary N) is 2. The summed E-state index contributed by atoms with van der Waals surface area (Å²) in [5.41, 5.74) is 1.47. The van der Waals surface area contributed by atoms with Crippen molar-refractivity contribution >= 4 is 11.9 Å². The van der Waals surface area contributed by atoms with Gasteiger partial charge >= 0.3 is 0 Å². The molecule has 2 aromatic carbocycles. The topological polar surface area (TPSA) is 72.0 Å². The van der Waals surface area contributed by atoms with Crippen molar-refractivity contribution in [3.05, 3.63) is 54.6 Å². The molecule has 0 aromatic heterocycles. The van der Waals surface area contributed by atoms with Crippen LogP contribution in [-0.2, 0) is 9.88 Å². The van der Waals surface area contributed by atoms with Crippen LogP contribution in [0.3, 0.4) is 0 Å². The van der Waals surface area contributed by atoms with Crippen LogP contribution in [0.15, 0.2) is 59.5 Å². The first-order valence-electron chi connectivity index (χ1n) is 6.78. The Kier molecular flexibility index (Phi) is 7.17. The van der Waals surface area contributed by atoms with Gasteiger partial charge in [0.15, 0.2) is 6.23 Å². The Labute approximate surface area is 133 Å². The van der Waals surface area contributed by atoms with Crippen LogP contribution in [0, 0.1) is 0 Å². The van der Waals surface area contributed by atoms with Crippen molar-refractivity contribution < 1.29 is 19.8 Å². The van der Waals surface area contributed by atoms with Gasteiger partial charge < -0.3 is 4.74 Å². The fraction of sp³-hybridized carbons (Fsp3) is 0.200. The number of rotatable bonds is 9. The van der Waals surface area contributed by atoms with Gasteiger partial charge in [-0.3, -0.25) is 5.21 Å². The molecule has 0 saturated heterocycles. The summed E-state index contributed by atoms with van der Waals surface area (Å²) in [6.45, 7) is 1.93. The fourth-order valence-corrected chi connectivity index (χ4v) is 2.33. The zero-order valence-electron chi connectivity index (χ0n) is 12.1. The molecule has 0 fully saturated rings. The summed E-state index contributed by atoms with van der Waals surface area (Å²) < 4.78 is 8.79. The monoisotopic (exact) mass is 322 g/mol.